The van der Waals surface area contributed by atoms with E-state index < -0.39 is 5.79 Å². The SMILES string of the molecule is CN1CCC2CCC3(C[C@@H]21)OCC(c1cccc([N+](=O)[O-])c1)O3. The monoisotopic (exact) mass is 318 g/mol. The molecule has 0 bridgehead atoms. The Morgan fingerprint density at radius 3 is 3.09 bits per heavy atom. The van der Waals surface area contributed by atoms with Crippen LogP contribution in [-0.2, 0) is 9.47 Å². The maximum absolute atomic E-state index is 11.0. The smallest absolute Gasteiger partial charge is 0.269 e. The van der Waals surface area contributed by atoms with Crippen LogP contribution in [0.25, 0.3) is 0 Å². The first-order valence-electron chi connectivity index (χ1n) is 8.33. The molecule has 0 radical (unpaired) electrons. The van der Waals surface area contributed by atoms with Crippen molar-refractivity contribution < 1.29 is 14.4 Å². The fourth-order valence-electron chi connectivity index (χ4n) is 4.37. The van der Waals surface area contributed by atoms with Crippen molar-refractivity contribution in [3.63, 3.8) is 0 Å². The minimum atomic E-state index is -0.505. The molecule has 4 rings (SSSR count). The second-order valence-corrected chi connectivity index (χ2v) is 7.02. The number of non-ortho nitro benzene ring substituents is 1. The predicted octanol–water partition coefficient (Wildman–Crippen LogP) is 2.88. The van der Waals surface area contributed by atoms with Crippen LogP contribution in [0.2, 0.25) is 0 Å². The van der Waals surface area contributed by atoms with Crippen molar-refractivity contribution >= 4 is 5.69 Å². The van der Waals surface area contributed by atoms with E-state index in [1.807, 2.05) is 6.07 Å². The van der Waals surface area contributed by atoms with Crippen molar-refractivity contribution in [2.45, 2.75) is 43.6 Å². The fraction of sp³-hybridized carbons (Fsp3) is 0.647. The molecule has 6 heteroatoms. The Balaban J connectivity index is 1.51. The first-order chi connectivity index (χ1) is 11.1. The Bertz CT molecular complexity index is 622. The van der Waals surface area contributed by atoms with E-state index in [9.17, 15) is 10.1 Å². The lowest BCUT2D eigenvalue weighted by molar-refractivity contribution is -0.385. The summed E-state index contributed by atoms with van der Waals surface area (Å²) in [4.78, 5) is 13.0. The number of nitrogens with zero attached hydrogens (tertiary/aromatic N) is 2. The van der Waals surface area contributed by atoms with Gasteiger partial charge in [0.05, 0.1) is 11.5 Å². The molecule has 2 heterocycles. The minimum absolute atomic E-state index is 0.103. The van der Waals surface area contributed by atoms with Crippen LogP contribution in [0, 0.1) is 16.0 Å². The third-order valence-corrected chi connectivity index (χ3v) is 5.69. The van der Waals surface area contributed by atoms with Gasteiger partial charge in [0.15, 0.2) is 5.79 Å². The van der Waals surface area contributed by atoms with Crippen LogP contribution in [0.1, 0.15) is 37.4 Å². The molecule has 1 aromatic carbocycles. The molecule has 1 aromatic rings. The number of fused-ring (bicyclic) bond motifs is 1. The minimum Gasteiger partial charge on any atom is -0.347 e. The van der Waals surface area contributed by atoms with Crippen molar-refractivity contribution in [3.05, 3.63) is 39.9 Å². The molecule has 2 aliphatic heterocycles. The van der Waals surface area contributed by atoms with Crippen molar-refractivity contribution in [2.75, 3.05) is 20.2 Å². The second-order valence-electron chi connectivity index (χ2n) is 7.02. The predicted molar refractivity (Wildman–Crippen MR) is 84.0 cm³/mol. The zero-order valence-electron chi connectivity index (χ0n) is 13.3. The van der Waals surface area contributed by atoms with Gasteiger partial charge in [0.2, 0.25) is 0 Å². The van der Waals surface area contributed by atoms with Crippen LogP contribution in [0.15, 0.2) is 24.3 Å². The number of hydrogen-bond acceptors (Lipinski definition) is 5. The first-order valence-corrected chi connectivity index (χ1v) is 8.33. The van der Waals surface area contributed by atoms with Crippen LogP contribution < -0.4 is 0 Å². The van der Waals surface area contributed by atoms with Crippen LogP contribution in [0.5, 0.6) is 0 Å². The Hall–Kier alpha value is -1.50. The fourth-order valence-corrected chi connectivity index (χ4v) is 4.37. The average Bonchev–Trinajstić information content (AvgIpc) is 3.13. The van der Waals surface area contributed by atoms with Gasteiger partial charge in [-0.1, -0.05) is 12.1 Å². The Morgan fingerprint density at radius 2 is 2.26 bits per heavy atom. The molecule has 3 fully saturated rings. The number of benzene rings is 1. The molecule has 0 N–H and O–H groups in total. The molecule has 4 atom stereocenters. The lowest BCUT2D eigenvalue weighted by Gasteiger charge is -2.40. The zero-order valence-corrected chi connectivity index (χ0v) is 13.3. The van der Waals surface area contributed by atoms with Gasteiger partial charge in [-0.2, -0.15) is 0 Å². The maximum Gasteiger partial charge on any atom is 0.269 e. The standard InChI is InChI=1S/C17H22N2O4/c1-18-8-6-12-5-7-17(10-15(12)18)22-11-16(23-17)13-3-2-4-14(9-13)19(20)21/h2-4,9,12,15-16H,5-8,10-11H2,1H3/t12?,15-,16?,17?/m0/s1. The largest absolute Gasteiger partial charge is 0.347 e. The Labute approximate surface area is 135 Å². The Kier molecular flexibility index (Phi) is 3.63. The van der Waals surface area contributed by atoms with Crippen LogP contribution in [-0.4, -0.2) is 41.9 Å². The summed E-state index contributed by atoms with van der Waals surface area (Å²) in [5, 5.41) is 11.0. The molecule has 0 amide bonds. The lowest BCUT2D eigenvalue weighted by Crippen LogP contribution is -2.45. The topological polar surface area (TPSA) is 64.8 Å². The summed E-state index contributed by atoms with van der Waals surface area (Å²) in [5.74, 6) is 0.254. The zero-order chi connectivity index (χ0) is 16.0. The number of rotatable bonds is 2. The van der Waals surface area contributed by atoms with Gasteiger partial charge < -0.3 is 14.4 Å². The molecule has 6 nitrogen and oxygen atoms in total. The molecule has 1 saturated carbocycles. The van der Waals surface area contributed by atoms with Gasteiger partial charge in [-0.25, -0.2) is 0 Å². The van der Waals surface area contributed by atoms with Gasteiger partial charge in [0.25, 0.3) is 5.69 Å². The van der Waals surface area contributed by atoms with Gasteiger partial charge in [-0.3, -0.25) is 10.1 Å². The van der Waals surface area contributed by atoms with E-state index >= 15 is 0 Å². The highest BCUT2D eigenvalue weighted by molar-refractivity contribution is 5.35. The van der Waals surface area contributed by atoms with E-state index in [0.29, 0.717) is 12.6 Å². The molecule has 124 valence electrons. The van der Waals surface area contributed by atoms with Crippen molar-refractivity contribution in [2.24, 2.45) is 5.92 Å². The molecular formula is C17H22N2O4. The summed E-state index contributed by atoms with van der Waals surface area (Å²) in [6.45, 7) is 1.63. The number of nitro benzene ring substituents is 1. The van der Waals surface area contributed by atoms with Crippen molar-refractivity contribution in [1.29, 1.82) is 0 Å². The molecule has 2 saturated heterocycles. The van der Waals surface area contributed by atoms with Crippen LogP contribution in [0.4, 0.5) is 5.69 Å². The summed E-state index contributed by atoms with van der Waals surface area (Å²) < 4.78 is 12.4. The molecular weight excluding hydrogens is 296 g/mol. The van der Waals surface area contributed by atoms with E-state index in [-0.39, 0.29) is 16.7 Å². The Morgan fingerprint density at radius 1 is 1.39 bits per heavy atom. The highest BCUT2D eigenvalue weighted by atomic mass is 16.7. The quantitative estimate of drug-likeness (QED) is 0.620. The second kappa shape index (κ2) is 5.54. The van der Waals surface area contributed by atoms with Gasteiger partial charge in [-0.15, -0.1) is 0 Å². The molecule has 1 aliphatic carbocycles. The third-order valence-electron chi connectivity index (χ3n) is 5.69. The normalized spacial score (nSPS) is 37.2. The van der Waals surface area contributed by atoms with E-state index in [1.54, 1.807) is 12.1 Å². The van der Waals surface area contributed by atoms with E-state index in [0.717, 1.165) is 37.3 Å². The molecule has 1 spiro atoms. The highest BCUT2D eigenvalue weighted by Gasteiger charge is 2.50. The third kappa shape index (κ3) is 2.65. The molecule has 3 aliphatic rings. The molecule has 23 heavy (non-hydrogen) atoms. The molecule has 3 unspecified atom stereocenters. The van der Waals surface area contributed by atoms with Crippen molar-refractivity contribution in [1.82, 2.24) is 4.90 Å². The number of ether oxygens (including phenoxy) is 2. The van der Waals surface area contributed by atoms with Crippen LogP contribution in [0.3, 0.4) is 0 Å². The van der Waals surface area contributed by atoms with Gasteiger partial charge in [0, 0.05) is 31.0 Å². The number of nitro groups is 1. The van der Waals surface area contributed by atoms with Crippen molar-refractivity contribution in [3.8, 4) is 0 Å². The van der Waals surface area contributed by atoms with E-state index in [4.69, 9.17) is 9.47 Å². The van der Waals surface area contributed by atoms with Gasteiger partial charge in [0.1, 0.15) is 6.10 Å². The summed E-state index contributed by atoms with van der Waals surface area (Å²) >= 11 is 0. The summed E-state index contributed by atoms with van der Waals surface area (Å²) in [6.07, 6.45) is 4.02. The van der Waals surface area contributed by atoms with Crippen LogP contribution >= 0.6 is 0 Å². The number of hydrogen-bond donors (Lipinski definition) is 0. The van der Waals surface area contributed by atoms with E-state index in [1.165, 1.54) is 12.5 Å². The summed E-state index contributed by atoms with van der Waals surface area (Å²) in [5.41, 5.74) is 0.934. The van der Waals surface area contributed by atoms with E-state index in [2.05, 4.69) is 11.9 Å². The molecule has 0 aromatic heterocycles. The summed E-state index contributed by atoms with van der Waals surface area (Å²) in [6, 6.07) is 7.23. The average molecular weight is 318 g/mol. The number of likely N-dealkylation sites (tertiary alicyclic amines) is 1. The summed E-state index contributed by atoms with van der Waals surface area (Å²) in [7, 11) is 2.18. The van der Waals surface area contributed by atoms with Gasteiger partial charge >= 0.3 is 0 Å². The first kappa shape index (κ1) is 15.1. The van der Waals surface area contributed by atoms with Gasteiger partial charge in [-0.05, 0) is 37.9 Å². The lowest BCUT2D eigenvalue weighted by atomic mass is 9.81. The maximum atomic E-state index is 11.0. The highest BCUT2D eigenvalue weighted by Crippen LogP contribution is 2.47.